The first kappa shape index (κ1) is 43.4. The van der Waals surface area contributed by atoms with E-state index in [1.807, 2.05) is 0 Å². The molecule has 43 heavy (non-hydrogen) atoms. The van der Waals surface area contributed by atoms with Crippen molar-refractivity contribution < 1.29 is 18.5 Å². The molecular formula is C33H72N3O4PSSi. The van der Waals surface area contributed by atoms with Gasteiger partial charge in [0.15, 0.2) is 21.9 Å². The molecule has 0 spiro atoms. The lowest BCUT2D eigenvalue weighted by molar-refractivity contribution is -0.111. The largest absolute Gasteiger partial charge is 0.415 e. The van der Waals surface area contributed by atoms with Crippen LogP contribution in [0.15, 0.2) is 0 Å². The SMILES string of the molecule is CCC(CC)(CO[Si](C)(C)C(C)(C)C)NCCCCCC(=O)SCOCCOP(N(C(C)C)C(C)C)N(C(C)C)C(C)C. The summed E-state index contributed by atoms with van der Waals surface area (Å²) in [5, 5.41) is 4.25. The average Bonchev–Trinajstić information content (AvgIpc) is 2.88. The second-order valence-corrected chi connectivity index (χ2v) is 22.0. The van der Waals surface area contributed by atoms with E-state index >= 15 is 0 Å². The van der Waals surface area contributed by atoms with Gasteiger partial charge >= 0.3 is 0 Å². The summed E-state index contributed by atoms with van der Waals surface area (Å²) in [5.74, 6) is 0.390. The molecule has 0 fully saturated rings. The number of unbranched alkanes of at least 4 members (excludes halogenated alkanes) is 2. The number of hydrogen-bond acceptors (Lipinski definition) is 8. The molecule has 1 N–H and O–H groups in total. The maximum atomic E-state index is 12.4. The number of thioether (sulfide) groups is 1. The molecule has 0 bridgehead atoms. The number of carbonyl (C=O) groups is 1. The summed E-state index contributed by atoms with van der Waals surface area (Å²) in [4.78, 5) is 12.4. The maximum absolute atomic E-state index is 12.4. The molecule has 258 valence electrons. The van der Waals surface area contributed by atoms with Crippen LogP contribution in [0.1, 0.15) is 129 Å². The summed E-state index contributed by atoms with van der Waals surface area (Å²) in [6, 6.07) is 1.55. The van der Waals surface area contributed by atoms with Crippen molar-refractivity contribution in [1.82, 2.24) is 14.7 Å². The van der Waals surface area contributed by atoms with Gasteiger partial charge in [0.1, 0.15) is 0 Å². The van der Waals surface area contributed by atoms with Crippen molar-refractivity contribution in [3.8, 4) is 0 Å². The van der Waals surface area contributed by atoms with E-state index in [1.165, 1.54) is 11.8 Å². The molecule has 0 aromatic rings. The van der Waals surface area contributed by atoms with E-state index in [-0.39, 0.29) is 15.7 Å². The second-order valence-electron chi connectivity index (χ2n) is 14.5. The van der Waals surface area contributed by atoms with E-state index in [4.69, 9.17) is 13.7 Å². The molecule has 0 radical (unpaired) electrons. The summed E-state index contributed by atoms with van der Waals surface area (Å²) >= 11 is 1.29. The Morgan fingerprint density at radius 2 is 1.35 bits per heavy atom. The fraction of sp³-hybridized carbons (Fsp3) is 0.970. The number of nitrogens with one attached hydrogen (secondary N) is 1. The minimum absolute atomic E-state index is 0.0349. The van der Waals surface area contributed by atoms with Crippen LogP contribution < -0.4 is 5.32 Å². The average molecular weight is 666 g/mol. The van der Waals surface area contributed by atoms with Gasteiger partial charge in [-0.25, -0.2) is 9.34 Å². The van der Waals surface area contributed by atoms with Crippen LogP contribution in [0.2, 0.25) is 18.1 Å². The van der Waals surface area contributed by atoms with Gasteiger partial charge in [0, 0.05) is 36.1 Å². The molecule has 0 aliphatic carbocycles. The number of ether oxygens (including phenoxy) is 1. The minimum Gasteiger partial charge on any atom is -0.415 e. The van der Waals surface area contributed by atoms with Gasteiger partial charge in [-0.3, -0.25) is 4.79 Å². The van der Waals surface area contributed by atoms with E-state index in [2.05, 4.69) is 118 Å². The topological polar surface area (TPSA) is 63.3 Å². The van der Waals surface area contributed by atoms with Gasteiger partial charge < -0.3 is 19.0 Å². The van der Waals surface area contributed by atoms with E-state index in [9.17, 15) is 4.79 Å². The van der Waals surface area contributed by atoms with Gasteiger partial charge in [0.05, 0.1) is 25.8 Å². The molecule has 0 rings (SSSR count). The fourth-order valence-electron chi connectivity index (χ4n) is 4.87. The first-order chi connectivity index (χ1) is 19.9. The smallest absolute Gasteiger partial charge is 0.192 e. The van der Waals surface area contributed by atoms with Gasteiger partial charge in [-0.05, 0) is 106 Å². The van der Waals surface area contributed by atoms with E-state index < -0.39 is 16.8 Å². The van der Waals surface area contributed by atoms with Crippen LogP contribution in [0.4, 0.5) is 0 Å². The van der Waals surface area contributed by atoms with Crippen molar-refractivity contribution in [3.05, 3.63) is 0 Å². The van der Waals surface area contributed by atoms with Crippen molar-refractivity contribution in [2.24, 2.45) is 0 Å². The van der Waals surface area contributed by atoms with Crippen LogP contribution in [0.3, 0.4) is 0 Å². The quantitative estimate of drug-likeness (QED) is 0.0474. The minimum atomic E-state index is -1.77. The molecule has 0 aromatic heterocycles. The first-order valence-electron chi connectivity index (χ1n) is 17.0. The lowest BCUT2D eigenvalue weighted by Gasteiger charge is -2.45. The van der Waals surface area contributed by atoms with Crippen LogP contribution in [0.5, 0.6) is 0 Å². The molecular weight excluding hydrogens is 594 g/mol. The summed E-state index contributed by atoms with van der Waals surface area (Å²) < 4.78 is 23.8. The van der Waals surface area contributed by atoms with Crippen LogP contribution in [0.25, 0.3) is 0 Å². The molecule has 0 amide bonds. The molecule has 0 aromatic carbocycles. The molecule has 0 heterocycles. The van der Waals surface area contributed by atoms with Gasteiger partial charge in [0.25, 0.3) is 0 Å². The Morgan fingerprint density at radius 3 is 1.79 bits per heavy atom. The zero-order valence-corrected chi connectivity index (χ0v) is 33.7. The molecule has 7 nitrogen and oxygen atoms in total. The highest BCUT2D eigenvalue weighted by molar-refractivity contribution is 8.13. The van der Waals surface area contributed by atoms with Gasteiger partial charge in [-0.1, -0.05) is 52.8 Å². The summed E-state index contributed by atoms with van der Waals surface area (Å²) in [7, 11) is -2.68. The van der Waals surface area contributed by atoms with Crippen molar-refractivity contribution in [1.29, 1.82) is 0 Å². The molecule has 0 saturated carbocycles. The van der Waals surface area contributed by atoms with E-state index in [1.54, 1.807) is 0 Å². The zero-order chi connectivity index (χ0) is 33.4. The summed E-state index contributed by atoms with van der Waals surface area (Å²) in [6.07, 6.45) is 5.76. The highest BCUT2D eigenvalue weighted by Gasteiger charge is 2.39. The third kappa shape index (κ3) is 16.2. The van der Waals surface area contributed by atoms with Crippen molar-refractivity contribution in [2.45, 2.75) is 176 Å². The lowest BCUT2D eigenvalue weighted by Crippen LogP contribution is -2.52. The normalized spacial score (nSPS) is 13.7. The summed E-state index contributed by atoms with van der Waals surface area (Å²) in [6.45, 7) is 36.7. The van der Waals surface area contributed by atoms with Crippen molar-refractivity contribution in [2.75, 3.05) is 32.3 Å². The molecule has 0 saturated heterocycles. The van der Waals surface area contributed by atoms with E-state index in [0.717, 1.165) is 45.3 Å². The number of nitrogens with zero attached hydrogens (tertiary/aromatic N) is 2. The Bertz CT molecular complexity index is 710. The fourth-order valence-corrected chi connectivity index (χ4v) is 8.88. The maximum Gasteiger partial charge on any atom is 0.192 e. The Labute approximate surface area is 274 Å². The number of carbonyl (C=O) groups excluding carboxylic acids is 1. The van der Waals surface area contributed by atoms with Crippen LogP contribution in [-0.4, -0.2) is 84.8 Å². The zero-order valence-electron chi connectivity index (χ0n) is 31.0. The third-order valence-corrected chi connectivity index (χ3v) is 17.0. The molecule has 0 aliphatic heterocycles. The number of hydrogen-bond donors (Lipinski definition) is 1. The van der Waals surface area contributed by atoms with Crippen LogP contribution >= 0.6 is 20.2 Å². The monoisotopic (exact) mass is 665 g/mol. The Balaban J connectivity index is 4.44. The van der Waals surface area contributed by atoms with Crippen LogP contribution in [-0.2, 0) is 18.5 Å². The molecule has 0 unspecified atom stereocenters. The first-order valence-corrected chi connectivity index (χ1v) is 22.0. The second kappa shape index (κ2) is 21.3. The summed E-state index contributed by atoms with van der Waals surface area (Å²) in [5.41, 5.74) is 0.0349. The predicted molar refractivity (Wildman–Crippen MR) is 193 cm³/mol. The molecule has 0 atom stereocenters. The van der Waals surface area contributed by atoms with Crippen molar-refractivity contribution >= 4 is 33.6 Å². The van der Waals surface area contributed by atoms with Gasteiger partial charge in [0.2, 0.25) is 0 Å². The van der Waals surface area contributed by atoms with Gasteiger partial charge in [-0.2, -0.15) is 0 Å². The Kier molecular flexibility index (Phi) is 21.5. The predicted octanol–water partition coefficient (Wildman–Crippen LogP) is 9.43. The Hall–Kier alpha value is 0.427. The van der Waals surface area contributed by atoms with Gasteiger partial charge in [-0.15, -0.1) is 0 Å². The highest BCUT2D eigenvalue weighted by atomic mass is 32.2. The molecule has 0 aliphatic rings. The number of rotatable bonds is 24. The highest BCUT2D eigenvalue weighted by Crippen LogP contribution is 2.50. The Morgan fingerprint density at radius 1 is 0.837 bits per heavy atom. The third-order valence-electron chi connectivity index (χ3n) is 8.68. The van der Waals surface area contributed by atoms with E-state index in [0.29, 0.717) is 49.7 Å². The molecule has 10 heteroatoms. The van der Waals surface area contributed by atoms with Crippen molar-refractivity contribution in [3.63, 3.8) is 0 Å². The standard InChI is InChI=1S/C33H72N3O4PSSi/c1-16-33(17-2,25-40-43(14,15)32(11,12)13)34-22-20-18-19-21-31(37)42-26-38-23-24-39-41(35(27(3)4)28(5)6)36(29(7)8)30(9)10/h27-30,34H,16-26H2,1-15H3. The lowest BCUT2D eigenvalue weighted by atomic mass is 9.93. The van der Waals surface area contributed by atoms with Crippen LogP contribution in [0, 0.1) is 0 Å².